The van der Waals surface area contributed by atoms with Crippen LogP contribution in [0.5, 0.6) is 0 Å². The molecule has 2 aliphatic rings. The van der Waals surface area contributed by atoms with Crippen LogP contribution in [0.4, 0.5) is 0 Å². The number of aromatic nitrogens is 3. The lowest BCUT2D eigenvalue weighted by Crippen LogP contribution is -2.18. The highest BCUT2D eigenvalue weighted by atomic mass is 35.7. The summed E-state index contributed by atoms with van der Waals surface area (Å²) in [5.74, 6) is 2.43. The molecule has 2 aliphatic carbocycles. The summed E-state index contributed by atoms with van der Waals surface area (Å²) in [7, 11) is 3.15. The van der Waals surface area contributed by atoms with E-state index in [4.69, 9.17) is 15.4 Å². The molecule has 112 valence electrons. The molecule has 20 heavy (non-hydrogen) atoms. The van der Waals surface area contributed by atoms with Gasteiger partial charge in [-0.25, -0.2) is 8.42 Å². The monoisotopic (exact) mass is 319 g/mol. The van der Waals surface area contributed by atoms with Gasteiger partial charge in [0.2, 0.25) is 0 Å². The second-order valence-electron chi connectivity index (χ2n) is 5.70. The van der Waals surface area contributed by atoms with Gasteiger partial charge in [-0.1, -0.05) is 6.42 Å². The summed E-state index contributed by atoms with van der Waals surface area (Å²) in [6.45, 7) is 0.819. The Morgan fingerprint density at radius 2 is 2.15 bits per heavy atom. The first-order valence-electron chi connectivity index (χ1n) is 6.87. The van der Waals surface area contributed by atoms with Crippen LogP contribution >= 0.6 is 10.7 Å². The zero-order chi connectivity index (χ0) is 14.3. The SMILES string of the molecule is COCCn1c(C2CC3CCC2C3)nnc1S(=O)(=O)Cl. The van der Waals surface area contributed by atoms with Gasteiger partial charge in [0.25, 0.3) is 14.2 Å². The van der Waals surface area contributed by atoms with Gasteiger partial charge in [-0.05, 0) is 31.1 Å². The van der Waals surface area contributed by atoms with E-state index in [1.807, 2.05) is 0 Å². The number of ether oxygens (including phenoxy) is 1. The molecule has 6 nitrogen and oxygen atoms in total. The summed E-state index contributed by atoms with van der Waals surface area (Å²) in [6, 6.07) is 0. The molecule has 3 rings (SSSR count). The van der Waals surface area contributed by atoms with E-state index in [9.17, 15) is 8.42 Å². The normalized spacial score (nSPS) is 29.2. The second kappa shape index (κ2) is 5.27. The lowest BCUT2D eigenvalue weighted by molar-refractivity contribution is 0.182. The molecule has 2 saturated carbocycles. The highest BCUT2D eigenvalue weighted by Crippen LogP contribution is 2.52. The number of rotatable bonds is 5. The van der Waals surface area contributed by atoms with Crippen LogP contribution in [-0.4, -0.2) is 36.9 Å². The topological polar surface area (TPSA) is 74.1 Å². The van der Waals surface area contributed by atoms with Crippen molar-refractivity contribution in [3.05, 3.63) is 5.82 Å². The third-order valence-corrected chi connectivity index (χ3v) is 5.70. The van der Waals surface area contributed by atoms with Gasteiger partial charge in [-0.3, -0.25) is 4.57 Å². The van der Waals surface area contributed by atoms with E-state index < -0.39 is 9.05 Å². The quantitative estimate of drug-likeness (QED) is 0.773. The minimum atomic E-state index is -3.88. The van der Waals surface area contributed by atoms with Crippen molar-refractivity contribution in [3.8, 4) is 0 Å². The van der Waals surface area contributed by atoms with Crippen LogP contribution in [0.3, 0.4) is 0 Å². The predicted molar refractivity (Wildman–Crippen MR) is 73.1 cm³/mol. The van der Waals surface area contributed by atoms with Gasteiger partial charge in [0.05, 0.1) is 6.61 Å². The van der Waals surface area contributed by atoms with Gasteiger partial charge in [-0.2, -0.15) is 0 Å². The Morgan fingerprint density at radius 1 is 1.35 bits per heavy atom. The van der Waals surface area contributed by atoms with Crippen molar-refractivity contribution in [3.63, 3.8) is 0 Å². The van der Waals surface area contributed by atoms with Crippen LogP contribution in [0.2, 0.25) is 0 Å². The Bertz CT molecular complexity index is 601. The van der Waals surface area contributed by atoms with Crippen molar-refractivity contribution in [2.75, 3.05) is 13.7 Å². The molecule has 0 saturated heterocycles. The molecule has 1 aromatic heterocycles. The van der Waals surface area contributed by atoms with Crippen LogP contribution in [-0.2, 0) is 20.3 Å². The summed E-state index contributed by atoms with van der Waals surface area (Å²) in [5, 5.41) is 7.78. The van der Waals surface area contributed by atoms with Gasteiger partial charge in [-0.15, -0.1) is 10.2 Å². The van der Waals surface area contributed by atoms with Crippen LogP contribution < -0.4 is 0 Å². The molecule has 1 heterocycles. The molecule has 0 amide bonds. The number of methoxy groups -OCH3 is 1. The molecule has 8 heteroatoms. The van der Waals surface area contributed by atoms with Crippen LogP contribution in [0.25, 0.3) is 0 Å². The van der Waals surface area contributed by atoms with Crippen molar-refractivity contribution in [2.24, 2.45) is 11.8 Å². The summed E-state index contributed by atoms with van der Waals surface area (Å²) < 4.78 is 29.9. The zero-order valence-electron chi connectivity index (χ0n) is 11.3. The van der Waals surface area contributed by atoms with Crippen LogP contribution in [0, 0.1) is 11.8 Å². The number of fused-ring (bicyclic) bond motifs is 2. The van der Waals surface area contributed by atoms with E-state index >= 15 is 0 Å². The summed E-state index contributed by atoms with van der Waals surface area (Å²) in [6.07, 6.45) is 4.80. The standard InChI is InChI=1S/C12H18ClN3O3S/c1-19-5-4-16-11(14-15-12(16)20(13,17)18)10-7-8-2-3-9(10)6-8/h8-10H,2-7H2,1H3. The fraction of sp³-hybridized carbons (Fsp3) is 0.833. The van der Waals surface area contributed by atoms with Crippen molar-refractivity contribution in [1.82, 2.24) is 14.8 Å². The van der Waals surface area contributed by atoms with E-state index in [-0.39, 0.29) is 5.16 Å². The fourth-order valence-corrected chi connectivity index (χ4v) is 4.64. The molecular weight excluding hydrogens is 302 g/mol. The maximum Gasteiger partial charge on any atom is 0.296 e. The Balaban J connectivity index is 1.96. The molecule has 3 atom stereocenters. The van der Waals surface area contributed by atoms with Crippen LogP contribution in [0.15, 0.2) is 5.16 Å². The lowest BCUT2D eigenvalue weighted by Gasteiger charge is -2.21. The maximum atomic E-state index is 11.6. The first kappa shape index (κ1) is 14.3. The van der Waals surface area contributed by atoms with Gasteiger partial charge in [0.1, 0.15) is 5.82 Å². The molecule has 2 fully saturated rings. The molecule has 0 spiro atoms. The summed E-state index contributed by atoms with van der Waals surface area (Å²) in [4.78, 5) is 0. The Hall–Kier alpha value is -0.660. The van der Waals surface area contributed by atoms with Crippen molar-refractivity contribution in [1.29, 1.82) is 0 Å². The number of hydrogen-bond donors (Lipinski definition) is 0. The smallest absolute Gasteiger partial charge is 0.296 e. The third-order valence-electron chi connectivity index (χ3n) is 4.55. The number of halogens is 1. The molecule has 1 aromatic rings. The average Bonchev–Trinajstić information content (AvgIpc) is 3.08. The van der Waals surface area contributed by atoms with E-state index in [1.165, 1.54) is 19.3 Å². The molecule has 2 bridgehead atoms. The Labute approximate surface area is 122 Å². The molecule has 0 aromatic carbocycles. The van der Waals surface area contributed by atoms with E-state index in [2.05, 4.69) is 10.2 Å². The van der Waals surface area contributed by atoms with Crippen molar-refractivity contribution >= 4 is 19.7 Å². The van der Waals surface area contributed by atoms with E-state index in [1.54, 1.807) is 11.7 Å². The third kappa shape index (κ3) is 2.46. The second-order valence-corrected chi connectivity index (χ2v) is 8.16. The van der Waals surface area contributed by atoms with Crippen LogP contribution in [0.1, 0.15) is 37.4 Å². The average molecular weight is 320 g/mol. The maximum absolute atomic E-state index is 11.6. The Kier molecular flexibility index (Phi) is 3.77. The van der Waals surface area contributed by atoms with Gasteiger partial charge in [0.15, 0.2) is 0 Å². The molecule has 0 radical (unpaired) electrons. The Morgan fingerprint density at radius 3 is 2.70 bits per heavy atom. The molecule has 0 aliphatic heterocycles. The first-order chi connectivity index (χ1) is 9.50. The van der Waals surface area contributed by atoms with Crippen molar-refractivity contribution in [2.45, 2.75) is 43.3 Å². The zero-order valence-corrected chi connectivity index (χ0v) is 12.9. The number of hydrogen-bond acceptors (Lipinski definition) is 5. The molecule has 3 unspecified atom stereocenters. The summed E-state index contributed by atoms with van der Waals surface area (Å²) in [5.41, 5.74) is 0. The lowest BCUT2D eigenvalue weighted by atomic mass is 9.88. The van der Waals surface area contributed by atoms with Gasteiger partial charge in [0, 0.05) is 30.3 Å². The minimum absolute atomic E-state index is 0.158. The minimum Gasteiger partial charge on any atom is -0.383 e. The van der Waals surface area contributed by atoms with Gasteiger partial charge < -0.3 is 4.74 Å². The molecular formula is C12H18ClN3O3S. The highest BCUT2D eigenvalue weighted by molar-refractivity contribution is 8.13. The number of nitrogens with zero attached hydrogens (tertiary/aromatic N) is 3. The fourth-order valence-electron chi connectivity index (χ4n) is 3.71. The summed E-state index contributed by atoms with van der Waals surface area (Å²) >= 11 is 0. The van der Waals surface area contributed by atoms with Gasteiger partial charge >= 0.3 is 0 Å². The predicted octanol–water partition coefficient (Wildman–Crippen LogP) is 1.76. The van der Waals surface area contributed by atoms with E-state index in [0.29, 0.717) is 25.0 Å². The largest absolute Gasteiger partial charge is 0.383 e. The van der Waals surface area contributed by atoms with Crippen molar-refractivity contribution < 1.29 is 13.2 Å². The highest BCUT2D eigenvalue weighted by Gasteiger charge is 2.43. The van der Waals surface area contributed by atoms with E-state index in [0.717, 1.165) is 18.2 Å². The first-order valence-corrected chi connectivity index (χ1v) is 9.18. The molecule has 0 N–H and O–H groups in total.